The van der Waals surface area contributed by atoms with E-state index in [1.807, 2.05) is 20.8 Å². The van der Waals surface area contributed by atoms with Crippen LogP contribution in [0.4, 0.5) is 5.69 Å². The third-order valence-corrected chi connectivity index (χ3v) is 9.03. The second-order valence-electron chi connectivity index (χ2n) is 10.1. The topological polar surface area (TPSA) is 96.0 Å². The fourth-order valence-electron chi connectivity index (χ4n) is 4.00. The lowest BCUT2D eigenvalue weighted by atomic mass is 10.1. The van der Waals surface area contributed by atoms with Gasteiger partial charge in [0.05, 0.1) is 27.7 Å². The van der Waals surface area contributed by atoms with Crippen molar-refractivity contribution in [3.8, 4) is 5.75 Å². The highest BCUT2D eigenvalue weighted by Crippen LogP contribution is 2.35. The van der Waals surface area contributed by atoms with Gasteiger partial charge in [-0.3, -0.25) is 13.9 Å². The number of methoxy groups -OCH3 is 1. The Hall–Kier alpha value is -3.27. The van der Waals surface area contributed by atoms with E-state index in [2.05, 4.69) is 5.32 Å². The summed E-state index contributed by atoms with van der Waals surface area (Å²) in [4.78, 5) is 28.4. The van der Waals surface area contributed by atoms with Crippen molar-refractivity contribution < 1.29 is 22.7 Å². The first-order valence-corrected chi connectivity index (χ1v) is 15.3. The van der Waals surface area contributed by atoms with Crippen molar-refractivity contribution in [1.29, 1.82) is 0 Å². The quantitative estimate of drug-likeness (QED) is 0.281. The third kappa shape index (κ3) is 8.15. The van der Waals surface area contributed by atoms with Gasteiger partial charge in [-0.25, -0.2) is 8.42 Å². The molecule has 3 rings (SSSR count). The fraction of sp³-hybridized carbons (Fsp3) is 0.333. The molecule has 0 saturated heterocycles. The second kappa shape index (κ2) is 14.1. The van der Waals surface area contributed by atoms with E-state index >= 15 is 0 Å². The third-order valence-electron chi connectivity index (χ3n) is 6.45. The van der Waals surface area contributed by atoms with Crippen LogP contribution in [0, 0.1) is 12.8 Å². The Morgan fingerprint density at radius 2 is 1.59 bits per heavy atom. The number of aryl methyl sites for hydroxylation is 1. The standard InChI is InChI=1S/C30H35Cl2N3O5S/c1-20(2)17-33-30(37)22(4)34(18-23-11-13-24(40-5)14-12-23)28(36)19-35(27-8-6-7-26(31)29(27)32)41(38,39)25-15-9-21(3)10-16-25/h6-16,20,22H,17-19H2,1-5H3,(H,33,37)/t22-/m1/s1. The van der Waals surface area contributed by atoms with Crippen molar-refractivity contribution in [1.82, 2.24) is 10.2 Å². The molecule has 0 saturated carbocycles. The van der Waals surface area contributed by atoms with Gasteiger partial charge in [-0.2, -0.15) is 0 Å². The number of anilines is 1. The zero-order chi connectivity index (χ0) is 30.3. The van der Waals surface area contributed by atoms with E-state index in [9.17, 15) is 18.0 Å². The Kier molecular flexibility index (Phi) is 11.1. The number of amides is 2. The first-order chi connectivity index (χ1) is 19.3. The summed E-state index contributed by atoms with van der Waals surface area (Å²) in [5.74, 6) is -0.105. The molecule has 3 aromatic rings. The fourth-order valence-corrected chi connectivity index (χ4v) is 5.87. The molecule has 0 aromatic heterocycles. The van der Waals surface area contributed by atoms with Gasteiger partial charge in [0.25, 0.3) is 10.0 Å². The normalized spacial score (nSPS) is 12.1. The molecule has 1 atom stereocenters. The number of carbonyl (C=O) groups excluding carboxylic acids is 2. The average molecular weight is 621 g/mol. The number of nitrogens with zero attached hydrogens (tertiary/aromatic N) is 2. The zero-order valence-corrected chi connectivity index (χ0v) is 26.1. The molecular formula is C30H35Cl2N3O5S. The molecule has 0 radical (unpaired) electrons. The lowest BCUT2D eigenvalue weighted by molar-refractivity contribution is -0.139. The lowest BCUT2D eigenvalue weighted by Crippen LogP contribution is -2.51. The number of ether oxygens (including phenoxy) is 1. The van der Waals surface area contributed by atoms with E-state index in [1.54, 1.807) is 56.5 Å². The van der Waals surface area contributed by atoms with Gasteiger partial charge in [0.2, 0.25) is 11.8 Å². The molecule has 0 aliphatic heterocycles. The molecule has 0 aliphatic rings. The van der Waals surface area contributed by atoms with Gasteiger partial charge in [-0.15, -0.1) is 0 Å². The van der Waals surface area contributed by atoms with Crippen LogP contribution < -0.4 is 14.4 Å². The monoisotopic (exact) mass is 619 g/mol. The molecule has 3 aromatic carbocycles. The van der Waals surface area contributed by atoms with Crippen molar-refractivity contribution in [3.63, 3.8) is 0 Å². The summed E-state index contributed by atoms with van der Waals surface area (Å²) >= 11 is 12.7. The van der Waals surface area contributed by atoms with Crippen LogP contribution >= 0.6 is 23.2 Å². The molecule has 2 amide bonds. The SMILES string of the molecule is COc1ccc(CN(C(=O)CN(c2cccc(Cl)c2Cl)S(=O)(=O)c2ccc(C)cc2)[C@H](C)C(=O)NCC(C)C)cc1. The number of carbonyl (C=O) groups is 2. The molecule has 0 bridgehead atoms. The number of sulfonamides is 1. The van der Waals surface area contributed by atoms with Crippen molar-refractivity contribution in [2.45, 2.75) is 45.2 Å². The van der Waals surface area contributed by atoms with Gasteiger partial charge in [-0.1, -0.05) is 72.9 Å². The smallest absolute Gasteiger partial charge is 0.264 e. The summed E-state index contributed by atoms with van der Waals surface area (Å²) in [6.07, 6.45) is 0. The van der Waals surface area contributed by atoms with Gasteiger partial charge in [0.1, 0.15) is 18.3 Å². The van der Waals surface area contributed by atoms with Gasteiger partial charge >= 0.3 is 0 Å². The van der Waals surface area contributed by atoms with Crippen LogP contribution in [0.5, 0.6) is 5.75 Å². The van der Waals surface area contributed by atoms with Crippen molar-refractivity contribution in [2.24, 2.45) is 5.92 Å². The Morgan fingerprint density at radius 3 is 2.17 bits per heavy atom. The van der Waals surface area contributed by atoms with E-state index in [1.165, 1.54) is 29.2 Å². The molecule has 0 heterocycles. The second-order valence-corrected chi connectivity index (χ2v) is 12.7. The van der Waals surface area contributed by atoms with Gasteiger partial charge < -0.3 is 15.0 Å². The molecule has 0 fully saturated rings. The maximum Gasteiger partial charge on any atom is 0.264 e. The highest BCUT2D eigenvalue weighted by molar-refractivity contribution is 7.92. The van der Waals surface area contributed by atoms with Crippen LogP contribution in [-0.2, 0) is 26.2 Å². The molecule has 0 spiro atoms. The summed E-state index contributed by atoms with van der Waals surface area (Å²) in [6, 6.07) is 17.0. The Labute approximate surface area is 252 Å². The highest BCUT2D eigenvalue weighted by atomic mass is 35.5. The van der Waals surface area contributed by atoms with Crippen LogP contribution in [0.1, 0.15) is 31.9 Å². The Morgan fingerprint density at radius 1 is 0.951 bits per heavy atom. The molecule has 0 aliphatic carbocycles. The van der Waals surface area contributed by atoms with E-state index in [-0.39, 0.29) is 39.0 Å². The molecule has 11 heteroatoms. The zero-order valence-electron chi connectivity index (χ0n) is 23.7. The molecule has 41 heavy (non-hydrogen) atoms. The minimum absolute atomic E-state index is 0.0120. The number of nitrogens with one attached hydrogen (secondary N) is 1. The predicted octanol–water partition coefficient (Wildman–Crippen LogP) is 5.70. The van der Waals surface area contributed by atoms with E-state index < -0.39 is 28.5 Å². The minimum atomic E-state index is -4.26. The van der Waals surface area contributed by atoms with E-state index in [4.69, 9.17) is 27.9 Å². The van der Waals surface area contributed by atoms with Crippen LogP contribution in [0.15, 0.2) is 71.6 Å². The van der Waals surface area contributed by atoms with Gasteiger partial charge in [0.15, 0.2) is 0 Å². The molecule has 220 valence electrons. The summed E-state index contributed by atoms with van der Waals surface area (Å²) in [6.45, 7) is 7.26. The molecule has 1 N–H and O–H groups in total. The largest absolute Gasteiger partial charge is 0.497 e. The maximum atomic E-state index is 14.0. The maximum absolute atomic E-state index is 14.0. The van der Waals surface area contributed by atoms with Gasteiger partial charge in [-0.05, 0) is 61.7 Å². The van der Waals surface area contributed by atoms with E-state index in [0.29, 0.717) is 12.3 Å². The van der Waals surface area contributed by atoms with Crippen LogP contribution in [-0.4, -0.2) is 51.4 Å². The summed E-state index contributed by atoms with van der Waals surface area (Å²) in [5.41, 5.74) is 1.66. The molecule has 0 unspecified atom stereocenters. The first kappa shape index (κ1) is 32.2. The summed E-state index contributed by atoms with van der Waals surface area (Å²) < 4.78 is 34.0. The summed E-state index contributed by atoms with van der Waals surface area (Å²) in [5, 5.41) is 2.99. The number of halogens is 2. The average Bonchev–Trinajstić information content (AvgIpc) is 2.95. The predicted molar refractivity (Wildman–Crippen MR) is 163 cm³/mol. The molecule has 8 nitrogen and oxygen atoms in total. The first-order valence-electron chi connectivity index (χ1n) is 13.1. The Bertz CT molecular complexity index is 1460. The number of hydrogen-bond acceptors (Lipinski definition) is 5. The van der Waals surface area contributed by atoms with Crippen molar-refractivity contribution in [2.75, 3.05) is 24.5 Å². The van der Waals surface area contributed by atoms with Crippen molar-refractivity contribution >= 4 is 50.7 Å². The van der Waals surface area contributed by atoms with Crippen molar-refractivity contribution in [3.05, 3.63) is 87.9 Å². The number of rotatable bonds is 12. The van der Waals surface area contributed by atoms with Crippen LogP contribution in [0.25, 0.3) is 0 Å². The van der Waals surface area contributed by atoms with Gasteiger partial charge in [0, 0.05) is 13.1 Å². The number of benzene rings is 3. The Balaban J connectivity index is 2.05. The minimum Gasteiger partial charge on any atom is -0.497 e. The highest BCUT2D eigenvalue weighted by Gasteiger charge is 2.33. The summed E-state index contributed by atoms with van der Waals surface area (Å²) in [7, 11) is -2.71. The van der Waals surface area contributed by atoms with Crippen LogP contribution in [0.3, 0.4) is 0 Å². The lowest BCUT2D eigenvalue weighted by Gasteiger charge is -2.32. The van der Waals surface area contributed by atoms with Crippen LogP contribution in [0.2, 0.25) is 10.0 Å². The number of hydrogen-bond donors (Lipinski definition) is 1. The molecular weight excluding hydrogens is 585 g/mol. The van der Waals surface area contributed by atoms with E-state index in [0.717, 1.165) is 15.4 Å².